The van der Waals surface area contributed by atoms with Crippen molar-refractivity contribution in [1.82, 2.24) is 5.32 Å². The van der Waals surface area contributed by atoms with Gasteiger partial charge >= 0.3 is 6.18 Å². The van der Waals surface area contributed by atoms with E-state index in [2.05, 4.69) is 10.6 Å². The van der Waals surface area contributed by atoms with E-state index in [1.807, 2.05) is 20.8 Å². The molecule has 1 aliphatic heterocycles. The van der Waals surface area contributed by atoms with Gasteiger partial charge in [-0.3, -0.25) is 9.59 Å². The van der Waals surface area contributed by atoms with E-state index in [0.717, 1.165) is 12.1 Å². The van der Waals surface area contributed by atoms with E-state index in [9.17, 15) is 22.8 Å². The van der Waals surface area contributed by atoms with Crippen molar-refractivity contribution in [3.05, 3.63) is 29.8 Å². The Morgan fingerprint density at radius 1 is 1.17 bits per heavy atom. The summed E-state index contributed by atoms with van der Waals surface area (Å²) in [6.07, 6.45) is -4.43. The molecule has 2 N–H and O–H groups in total. The number of hydrogen-bond donors (Lipinski definition) is 2. The Balaban J connectivity index is 2.13. The van der Waals surface area contributed by atoms with Crippen LogP contribution in [0, 0.1) is 17.3 Å². The smallest absolute Gasteiger partial charge is 0.355 e. The van der Waals surface area contributed by atoms with Gasteiger partial charge in [0, 0.05) is 18.2 Å². The quantitative estimate of drug-likeness (QED) is 0.820. The highest BCUT2D eigenvalue weighted by atomic mass is 19.4. The van der Waals surface area contributed by atoms with Gasteiger partial charge in [0.2, 0.25) is 11.8 Å². The number of nitrogens with one attached hydrogen (secondary N) is 2. The Kier molecular flexibility index (Phi) is 4.41. The molecular formula is C16H19F3N2O2. The normalized spacial score (nSPS) is 21.9. The minimum absolute atomic E-state index is 0.176. The molecule has 0 aliphatic carbocycles. The van der Waals surface area contributed by atoms with Gasteiger partial charge in [0.25, 0.3) is 0 Å². The highest BCUT2D eigenvalue weighted by Gasteiger charge is 2.45. The van der Waals surface area contributed by atoms with Gasteiger partial charge in [-0.1, -0.05) is 20.8 Å². The first-order chi connectivity index (χ1) is 10.5. The van der Waals surface area contributed by atoms with Gasteiger partial charge in [-0.05, 0) is 29.7 Å². The van der Waals surface area contributed by atoms with Gasteiger partial charge in [0.1, 0.15) is 5.92 Å². The molecule has 0 spiro atoms. The van der Waals surface area contributed by atoms with Crippen molar-refractivity contribution in [2.75, 3.05) is 11.9 Å². The summed E-state index contributed by atoms with van der Waals surface area (Å²) in [5, 5.41) is 5.20. The summed E-state index contributed by atoms with van der Waals surface area (Å²) in [7, 11) is 0. The second kappa shape index (κ2) is 5.86. The molecule has 0 bridgehead atoms. The van der Waals surface area contributed by atoms with Crippen molar-refractivity contribution in [2.45, 2.75) is 26.9 Å². The van der Waals surface area contributed by atoms with Crippen LogP contribution in [0.2, 0.25) is 0 Å². The monoisotopic (exact) mass is 328 g/mol. The van der Waals surface area contributed by atoms with Gasteiger partial charge in [0.05, 0.1) is 5.56 Å². The Morgan fingerprint density at radius 3 is 2.22 bits per heavy atom. The van der Waals surface area contributed by atoms with Crippen LogP contribution in [-0.2, 0) is 15.8 Å². The summed E-state index contributed by atoms with van der Waals surface area (Å²) in [5.74, 6) is -1.88. The SMILES string of the molecule is CC(C)(C)[C@H]1CNC(=O)[C@H]1C(=O)Nc1ccc(C(F)(F)F)cc1. The Labute approximate surface area is 132 Å². The molecule has 1 fully saturated rings. The Bertz CT molecular complexity index is 603. The molecule has 1 aliphatic rings. The summed E-state index contributed by atoms with van der Waals surface area (Å²) in [5.41, 5.74) is -0.807. The van der Waals surface area contributed by atoms with E-state index in [0.29, 0.717) is 6.54 Å². The van der Waals surface area contributed by atoms with Crippen LogP contribution in [-0.4, -0.2) is 18.4 Å². The van der Waals surface area contributed by atoms with Gasteiger partial charge in [-0.15, -0.1) is 0 Å². The zero-order valence-electron chi connectivity index (χ0n) is 13.1. The molecular weight excluding hydrogens is 309 g/mol. The molecule has 0 radical (unpaired) electrons. The molecule has 2 amide bonds. The Morgan fingerprint density at radius 2 is 1.74 bits per heavy atom. The van der Waals surface area contributed by atoms with Crippen LogP contribution in [0.5, 0.6) is 0 Å². The van der Waals surface area contributed by atoms with Crippen molar-refractivity contribution in [2.24, 2.45) is 17.3 Å². The average molecular weight is 328 g/mol. The van der Waals surface area contributed by atoms with Gasteiger partial charge in [-0.25, -0.2) is 0 Å². The molecule has 1 heterocycles. The molecule has 0 unspecified atom stereocenters. The maximum atomic E-state index is 12.5. The van der Waals surface area contributed by atoms with Crippen molar-refractivity contribution < 1.29 is 22.8 Å². The molecule has 4 nitrogen and oxygen atoms in total. The summed E-state index contributed by atoms with van der Waals surface area (Å²) in [6.45, 7) is 6.23. The molecule has 1 aromatic carbocycles. The number of alkyl halides is 3. The number of benzene rings is 1. The predicted molar refractivity (Wildman–Crippen MR) is 79.5 cm³/mol. The molecule has 1 saturated heterocycles. The number of amides is 2. The fourth-order valence-corrected chi connectivity index (χ4v) is 2.69. The third-order valence-electron chi connectivity index (χ3n) is 4.06. The second-order valence-electron chi connectivity index (χ2n) is 6.76. The first-order valence-corrected chi connectivity index (χ1v) is 7.26. The lowest BCUT2D eigenvalue weighted by Gasteiger charge is -2.29. The van der Waals surface area contributed by atoms with Crippen molar-refractivity contribution >= 4 is 17.5 Å². The number of carbonyl (C=O) groups is 2. The molecule has 2 rings (SSSR count). The summed E-state index contributed by atoms with van der Waals surface area (Å²) in [4.78, 5) is 24.3. The largest absolute Gasteiger partial charge is 0.416 e. The average Bonchev–Trinajstić information content (AvgIpc) is 2.80. The Hall–Kier alpha value is -2.05. The van der Waals surface area contributed by atoms with Gasteiger partial charge in [-0.2, -0.15) is 13.2 Å². The zero-order valence-corrected chi connectivity index (χ0v) is 13.1. The van der Waals surface area contributed by atoms with Crippen LogP contribution in [0.15, 0.2) is 24.3 Å². The fraction of sp³-hybridized carbons (Fsp3) is 0.500. The summed E-state index contributed by atoms with van der Waals surface area (Å²) >= 11 is 0. The number of halogens is 3. The van der Waals surface area contributed by atoms with Crippen LogP contribution in [0.1, 0.15) is 26.3 Å². The summed E-state index contributed by atoms with van der Waals surface area (Å²) in [6, 6.07) is 4.15. The van der Waals surface area contributed by atoms with Crippen LogP contribution in [0.3, 0.4) is 0 Å². The molecule has 7 heteroatoms. The molecule has 23 heavy (non-hydrogen) atoms. The second-order valence-corrected chi connectivity index (χ2v) is 6.76. The highest BCUT2D eigenvalue weighted by molar-refractivity contribution is 6.07. The van der Waals surface area contributed by atoms with E-state index in [1.165, 1.54) is 12.1 Å². The zero-order chi connectivity index (χ0) is 17.4. The standard InChI is InChI=1S/C16H19F3N2O2/c1-15(2,3)11-8-20-13(22)12(11)14(23)21-10-6-4-9(5-7-10)16(17,18)19/h4-7,11-12H,8H2,1-3H3,(H,20,22)(H,21,23)/t11-,12-/m0/s1. The predicted octanol–water partition coefficient (Wildman–Crippen LogP) is 3.05. The van der Waals surface area contributed by atoms with Crippen LogP contribution in [0.25, 0.3) is 0 Å². The van der Waals surface area contributed by atoms with Crippen LogP contribution >= 0.6 is 0 Å². The minimum atomic E-state index is -4.43. The number of anilines is 1. The van der Waals surface area contributed by atoms with Crippen molar-refractivity contribution in [3.8, 4) is 0 Å². The molecule has 1 aromatic rings. The third kappa shape index (κ3) is 3.83. The molecule has 0 aromatic heterocycles. The third-order valence-corrected chi connectivity index (χ3v) is 4.06. The number of hydrogen-bond acceptors (Lipinski definition) is 2. The van der Waals surface area contributed by atoms with E-state index in [4.69, 9.17) is 0 Å². The van der Waals surface area contributed by atoms with Crippen molar-refractivity contribution in [1.29, 1.82) is 0 Å². The van der Waals surface area contributed by atoms with E-state index < -0.39 is 23.6 Å². The molecule has 0 saturated carbocycles. The maximum Gasteiger partial charge on any atom is 0.416 e. The van der Waals surface area contributed by atoms with Gasteiger partial charge < -0.3 is 10.6 Å². The van der Waals surface area contributed by atoms with Gasteiger partial charge in [0.15, 0.2) is 0 Å². The first-order valence-electron chi connectivity index (χ1n) is 7.26. The topological polar surface area (TPSA) is 58.2 Å². The van der Waals surface area contributed by atoms with Crippen molar-refractivity contribution in [3.63, 3.8) is 0 Å². The lowest BCUT2D eigenvalue weighted by molar-refractivity contribution is -0.137. The lowest BCUT2D eigenvalue weighted by Crippen LogP contribution is -2.37. The molecule has 126 valence electrons. The lowest BCUT2D eigenvalue weighted by atomic mass is 9.74. The van der Waals surface area contributed by atoms with Crippen LogP contribution in [0.4, 0.5) is 18.9 Å². The highest BCUT2D eigenvalue weighted by Crippen LogP contribution is 2.36. The van der Waals surface area contributed by atoms with E-state index in [1.54, 1.807) is 0 Å². The number of rotatable bonds is 2. The first kappa shape index (κ1) is 17.3. The molecule has 2 atom stereocenters. The fourth-order valence-electron chi connectivity index (χ4n) is 2.69. The minimum Gasteiger partial charge on any atom is -0.355 e. The summed E-state index contributed by atoms with van der Waals surface area (Å²) < 4.78 is 37.6. The van der Waals surface area contributed by atoms with E-state index >= 15 is 0 Å². The van der Waals surface area contributed by atoms with E-state index in [-0.39, 0.29) is 22.9 Å². The number of carbonyl (C=O) groups excluding carboxylic acids is 2. The van der Waals surface area contributed by atoms with Crippen LogP contribution < -0.4 is 10.6 Å². The maximum absolute atomic E-state index is 12.5.